The van der Waals surface area contributed by atoms with Crippen molar-refractivity contribution in [2.75, 3.05) is 33.2 Å². The molecule has 0 spiro atoms. The summed E-state index contributed by atoms with van der Waals surface area (Å²) in [6.07, 6.45) is -3.83. The Hall–Kier alpha value is -0.820. The van der Waals surface area contributed by atoms with E-state index in [9.17, 15) is 18.0 Å². The van der Waals surface area contributed by atoms with Gasteiger partial charge in [-0.25, -0.2) is 0 Å². The van der Waals surface area contributed by atoms with Gasteiger partial charge in [0.2, 0.25) is 0 Å². The van der Waals surface area contributed by atoms with Gasteiger partial charge >= 0.3 is 12.1 Å². The van der Waals surface area contributed by atoms with Gasteiger partial charge in [0.1, 0.15) is 0 Å². The van der Waals surface area contributed by atoms with Gasteiger partial charge in [0.05, 0.1) is 11.8 Å². The van der Waals surface area contributed by atoms with E-state index < -0.39 is 24.0 Å². The number of hydrogen-bond acceptors (Lipinski definition) is 3. The van der Waals surface area contributed by atoms with Crippen LogP contribution >= 0.6 is 0 Å². The Labute approximate surface area is 116 Å². The molecule has 0 amide bonds. The number of piperazine rings is 1. The highest BCUT2D eigenvalue weighted by Gasteiger charge is 2.51. The van der Waals surface area contributed by atoms with Crippen molar-refractivity contribution in [3.8, 4) is 0 Å². The zero-order valence-corrected chi connectivity index (χ0v) is 11.6. The minimum Gasteiger partial charge on any atom is -0.481 e. The summed E-state index contributed by atoms with van der Waals surface area (Å²) >= 11 is 0. The molecule has 3 unspecified atom stereocenters. The number of aliphatic carboxylic acids is 1. The van der Waals surface area contributed by atoms with Crippen molar-refractivity contribution in [1.29, 1.82) is 0 Å². The van der Waals surface area contributed by atoms with Crippen molar-refractivity contribution < 1.29 is 23.1 Å². The predicted octanol–water partition coefficient (Wildman–Crippen LogP) is 1.67. The molecule has 1 heterocycles. The number of carbonyl (C=O) groups is 1. The molecule has 0 bridgehead atoms. The lowest BCUT2D eigenvalue weighted by atomic mass is 9.76. The standard InChI is InChI=1S/C13H21F3N2O2/c1-17-4-6-18(7-5-17)9-2-3-10(12(19)20)11(8-9)13(14,15)16/h9-11H,2-8H2,1H3,(H,19,20). The van der Waals surface area contributed by atoms with Crippen LogP contribution in [0.15, 0.2) is 0 Å². The SMILES string of the molecule is CN1CCN(C2CCC(C(=O)O)C(C(F)(F)F)C2)CC1. The first-order chi connectivity index (χ1) is 9.29. The van der Waals surface area contributed by atoms with E-state index in [1.165, 1.54) is 0 Å². The van der Waals surface area contributed by atoms with E-state index in [0.717, 1.165) is 26.2 Å². The molecule has 0 aromatic heterocycles. The highest BCUT2D eigenvalue weighted by atomic mass is 19.4. The van der Waals surface area contributed by atoms with Gasteiger partial charge in [-0.1, -0.05) is 0 Å². The zero-order chi connectivity index (χ0) is 14.9. The van der Waals surface area contributed by atoms with E-state index in [-0.39, 0.29) is 18.9 Å². The third-order valence-electron chi connectivity index (χ3n) is 4.61. The maximum Gasteiger partial charge on any atom is 0.392 e. The highest BCUT2D eigenvalue weighted by molar-refractivity contribution is 5.70. The summed E-state index contributed by atoms with van der Waals surface area (Å²) in [6.45, 7) is 3.25. The summed E-state index contributed by atoms with van der Waals surface area (Å²) in [7, 11) is 2.00. The Kier molecular flexibility index (Phi) is 4.59. The Bertz CT molecular complexity index is 354. The smallest absolute Gasteiger partial charge is 0.392 e. The molecule has 2 aliphatic rings. The van der Waals surface area contributed by atoms with Crippen LogP contribution < -0.4 is 0 Å². The predicted molar refractivity (Wildman–Crippen MR) is 67.4 cm³/mol. The van der Waals surface area contributed by atoms with Crippen molar-refractivity contribution in [1.82, 2.24) is 9.80 Å². The van der Waals surface area contributed by atoms with Gasteiger partial charge in [0.25, 0.3) is 0 Å². The van der Waals surface area contributed by atoms with E-state index in [0.29, 0.717) is 6.42 Å². The van der Waals surface area contributed by atoms with Crippen LogP contribution in [0.5, 0.6) is 0 Å². The first kappa shape index (κ1) is 15.6. The lowest BCUT2D eigenvalue weighted by Gasteiger charge is -2.43. The molecule has 0 radical (unpaired) electrons. The summed E-state index contributed by atoms with van der Waals surface area (Å²) in [6, 6.07) is -0.133. The molecule has 2 fully saturated rings. The van der Waals surface area contributed by atoms with Gasteiger partial charge in [-0.2, -0.15) is 13.2 Å². The van der Waals surface area contributed by atoms with Gasteiger partial charge in [0.15, 0.2) is 0 Å². The lowest BCUT2D eigenvalue weighted by Crippen LogP contribution is -2.53. The van der Waals surface area contributed by atoms with Crippen molar-refractivity contribution in [3.05, 3.63) is 0 Å². The van der Waals surface area contributed by atoms with Crippen LogP contribution in [0, 0.1) is 11.8 Å². The van der Waals surface area contributed by atoms with E-state index in [4.69, 9.17) is 5.11 Å². The van der Waals surface area contributed by atoms with Crippen LogP contribution in [0.4, 0.5) is 13.2 Å². The monoisotopic (exact) mass is 294 g/mol. The minimum absolute atomic E-state index is 0.0792. The Morgan fingerprint density at radius 3 is 2.25 bits per heavy atom. The molecular formula is C13H21F3N2O2. The Morgan fingerprint density at radius 1 is 1.15 bits per heavy atom. The molecular weight excluding hydrogens is 273 g/mol. The number of rotatable bonds is 2. The van der Waals surface area contributed by atoms with E-state index in [1.807, 2.05) is 7.05 Å². The summed E-state index contributed by atoms with van der Waals surface area (Å²) in [5.74, 6) is -4.30. The molecule has 1 N–H and O–H groups in total. The molecule has 0 aromatic rings. The van der Waals surface area contributed by atoms with Crippen molar-refractivity contribution in [2.45, 2.75) is 31.5 Å². The highest BCUT2D eigenvalue weighted by Crippen LogP contribution is 2.43. The summed E-state index contributed by atoms with van der Waals surface area (Å²) in [5.41, 5.74) is 0. The third-order valence-corrected chi connectivity index (χ3v) is 4.61. The molecule has 1 aliphatic carbocycles. The van der Waals surface area contributed by atoms with Gasteiger partial charge in [-0.15, -0.1) is 0 Å². The maximum absolute atomic E-state index is 13.1. The number of likely N-dealkylation sites (N-methyl/N-ethyl adjacent to an activating group) is 1. The Balaban J connectivity index is 2.03. The van der Waals surface area contributed by atoms with Crippen molar-refractivity contribution in [3.63, 3.8) is 0 Å². The Morgan fingerprint density at radius 2 is 1.75 bits per heavy atom. The second kappa shape index (κ2) is 5.89. The van der Waals surface area contributed by atoms with Crippen LogP contribution in [-0.4, -0.2) is 66.3 Å². The molecule has 4 nitrogen and oxygen atoms in total. The minimum atomic E-state index is -4.42. The summed E-state index contributed by atoms with van der Waals surface area (Å²) in [5, 5.41) is 8.98. The maximum atomic E-state index is 13.1. The fourth-order valence-corrected chi connectivity index (χ4v) is 3.32. The number of halogens is 3. The fourth-order valence-electron chi connectivity index (χ4n) is 3.32. The molecule has 116 valence electrons. The average Bonchev–Trinajstić information content (AvgIpc) is 2.38. The van der Waals surface area contributed by atoms with Crippen LogP contribution in [-0.2, 0) is 4.79 Å². The summed E-state index contributed by atoms with van der Waals surface area (Å²) in [4.78, 5) is 15.3. The number of alkyl halides is 3. The molecule has 1 saturated carbocycles. The topological polar surface area (TPSA) is 43.8 Å². The van der Waals surface area contributed by atoms with Crippen LogP contribution in [0.1, 0.15) is 19.3 Å². The van der Waals surface area contributed by atoms with Crippen LogP contribution in [0.3, 0.4) is 0 Å². The molecule has 7 heteroatoms. The van der Waals surface area contributed by atoms with Gasteiger partial charge in [0, 0.05) is 32.2 Å². The molecule has 1 aliphatic heterocycles. The average molecular weight is 294 g/mol. The largest absolute Gasteiger partial charge is 0.481 e. The molecule has 20 heavy (non-hydrogen) atoms. The first-order valence-corrected chi connectivity index (χ1v) is 7.01. The molecule has 1 saturated heterocycles. The van der Waals surface area contributed by atoms with E-state index in [2.05, 4.69) is 9.80 Å². The van der Waals surface area contributed by atoms with Gasteiger partial charge in [-0.3, -0.25) is 9.69 Å². The third kappa shape index (κ3) is 3.44. The van der Waals surface area contributed by atoms with Crippen molar-refractivity contribution in [2.24, 2.45) is 11.8 Å². The fraction of sp³-hybridized carbons (Fsp3) is 0.923. The first-order valence-electron chi connectivity index (χ1n) is 7.01. The second-order valence-corrected chi connectivity index (χ2v) is 5.90. The van der Waals surface area contributed by atoms with Gasteiger partial charge in [-0.05, 0) is 26.3 Å². The normalized spacial score (nSPS) is 34.1. The van der Waals surface area contributed by atoms with Crippen molar-refractivity contribution >= 4 is 5.97 Å². The summed E-state index contributed by atoms with van der Waals surface area (Å²) < 4.78 is 39.2. The van der Waals surface area contributed by atoms with Crippen LogP contribution in [0.2, 0.25) is 0 Å². The second-order valence-electron chi connectivity index (χ2n) is 5.90. The van der Waals surface area contributed by atoms with E-state index >= 15 is 0 Å². The number of hydrogen-bond donors (Lipinski definition) is 1. The molecule has 3 atom stereocenters. The quantitative estimate of drug-likeness (QED) is 0.841. The molecule has 2 rings (SSSR count). The van der Waals surface area contributed by atoms with Gasteiger partial charge < -0.3 is 10.0 Å². The number of carboxylic acids is 1. The van der Waals surface area contributed by atoms with E-state index in [1.54, 1.807) is 0 Å². The number of nitrogens with zero attached hydrogens (tertiary/aromatic N) is 2. The van der Waals surface area contributed by atoms with Crippen LogP contribution in [0.25, 0.3) is 0 Å². The zero-order valence-electron chi connectivity index (χ0n) is 11.6. The number of carboxylic acid groups (broad SMARTS) is 1. The lowest BCUT2D eigenvalue weighted by molar-refractivity contribution is -0.208. The molecule has 0 aromatic carbocycles.